The second-order valence-corrected chi connectivity index (χ2v) is 5.22. The van der Waals surface area contributed by atoms with E-state index in [4.69, 9.17) is 10.8 Å². The van der Waals surface area contributed by atoms with Gasteiger partial charge in [-0.2, -0.15) is 0 Å². The van der Waals surface area contributed by atoms with Crippen LogP contribution in [0.1, 0.15) is 51.8 Å². The molecule has 0 aliphatic rings. The van der Waals surface area contributed by atoms with Crippen molar-refractivity contribution >= 4 is 22.4 Å². The van der Waals surface area contributed by atoms with E-state index in [1.807, 2.05) is 0 Å². The summed E-state index contributed by atoms with van der Waals surface area (Å²) in [6, 6.07) is -1.05. The molecule has 0 aliphatic heterocycles. The summed E-state index contributed by atoms with van der Waals surface area (Å²) in [6.07, 6.45) is 3.00. The minimum Gasteiger partial charge on any atom is -0.480 e. The standard InChI is InChI=1S/C12H21N3O2S/c1-4-12(5-2,6-3)15-11-14-8(7-18-11)9(13)10(16)17/h7,9H,4-6,13H2,1-3H3,(H,14,15)(H,16,17). The van der Waals surface area contributed by atoms with E-state index >= 15 is 0 Å². The second kappa shape index (κ2) is 6.15. The molecular weight excluding hydrogens is 250 g/mol. The Labute approximate surface area is 111 Å². The van der Waals surface area contributed by atoms with Crippen LogP contribution in [0.5, 0.6) is 0 Å². The first-order chi connectivity index (χ1) is 8.48. The van der Waals surface area contributed by atoms with Crippen LogP contribution < -0.4 is 11.1 Å². The Bertz CT molecular complexity index is 394. The summed E-state index contributed by atoms with van der Waals surface area (Å²) in [7, 11) is 0. The largest absolute Gasteiger partial charge is 0.480 e. The maximum atomic E-state index is 10.8. The van der Waals surface area contributed by atoms with Gasteiger partial charge in [0.25, 0.3) is 0 Å². The summed E-state index contributed by atoms with van der Waals surface area (Å²) < 4.78 is 0. The van der Waals surface area contributed by atoms with Crippen molar-refractivity contribution in [1.29, 1.82) is 0 Å². The Kier molecular flexibility index (Phi) is 5.10. The number of nitrogens with zero attached hydrogens (tertiary/aromatic N) is 1. The molecule has 1 atom stereocenters. The first-order valence-electron chi connectivity index (χ1n) is 6.20. The van der Waals surface area contributed by atoms with E-state index < -0.39 is 12.0 Å². The lowest BCUT2D eigenvalue weighted by Crippen LogP contribution is -2.36. The van der Waals surface area contributed by atoms with E-state index in [9.17, 15) is 4.79 Å². The van der Waals surface area contributed by atoms with Gasteiger partial charge in [-0.3, -0.25) is 4.79 Å². The molecule has 18 heavy (non-hydrogen) atoms. The number of rotatable bonds is 7. The molecule has 1 aromatic heterocycles. The molecule has 0 fully saturated rings. The van der Waals surface area contributed by atoms with Crippen LogP contribution in [0, 0.1) is 0 Å². The average Bonchev–Trinajstić information content (AvgIpc) is 2.83. The van der Waals surface area contributed by atoms with Gasteiger partial charge in [-0.25, -0.2) is 4.98 Å². The van der Waals surface area contributed by atoms with Crippen molar-refractivity contribution in [3.8, 4) is 0 Å². The van der Waals surface area contributed by atoms with Crippen LogP contribution in [0.25, 0.3) is 0 Å². The monoisotopic (exact) mass is 271 g/mol. The molecule has 0 aliphatic carbocycles. The van der Waals surface area contributed by atoms with Gasteiger partial charge in [0.1, 0.15) is 6.04 Å². The van der Waals surface area contributed by atoms with E-state index in [0.717, 1.165) is 24.4 Å². The highest BCUT2D eigenvalue weighted by Crippen LogP contribution is 2.28. The number of thiazole rings is 1. The Morgan fingerprint density at radius 2 is 2.06 bits per heavy atom. The third-order valence-electron chi connectivity index (χ3n) is 3.51. The van der Waals surface area contributed by atoms with Crippen LogP contribution in [-0.4, -0.2) is 21.6 Å². The molecule has 0 amide bonds. The van der Waals surface area contributed by atoms with Gasteiger partial charge in [0, 0.05) is 10.9 Å². The molecule has 4 N–H and O–H groups in total. The highest BCUT2D eigenvalue weighted by Gasteiger charge is 2.25. The van der Waals surface area contributed by atoms with E-state index in [0.29, 0.717) is 5.69 Å². The number of carbonyl (C=O) groups is 1. The lowest BCUT2D eigenvalue weighted by atomic mass is 9.90. The lowest BCUT2D eigenvalue weighted by molar-refractivity contribution is -0.138. The highest BCUT2D eigenvalue weighted by molar-refractivity contribution is 7.13. The lowest BCUT2D eigenvalue weighted by Gasteiger charge is -2.31. The summed E-state index contributed by atoms with van der Waals surface area (Å²) in [4.78, 5) is 15.0. The fraction of sp³-hybridized carbons (Fsp3) is 0.667. The molecule has 0 saturated heterocycles. The SMILES string of the molecule is CCC(CC)(CC)Nc1nc(C(N)C(=O)O)cs1. The smallest absolute Gasteiger partial charge is 0.326 e. The van der Waals surface area contributed by atoms with Gasteiger partial charge >= 0.3 is 5.97 Å². The molecular formula is C12H21N3O2S. The van der Waals surface area contributed by atoms with Crippen molar-refractivity contribution in [2.45, 2.75) is 51.6 Å². The zero-order chi connectivity index (χ0) is 13.8. The minimum absolute atomic E-state index is 0.0302. The zero-order valence-corrected chi connectivity index (χ0v) is 11.9. The molecule has 1 aromatic rings. The van der Waals surface area contributed by atoms with Gasteiger partial charge in [-0.05, 0) is 19.3 Å². The van der Waals surface area contributed by atoms with Gasteiger partial charge < -0.3 is 16.2 Å². The number of nitrogens with one attached hydrogen (secondary N) is 1. The van der Waals surface area contributed by atoms with Crippen molar-refractivity contribution < 1.29 is 9.90 Å². The molecule has 6 heteroatoms. The Morgan fingerprint density at radius 3 is 2.50 bits per heavy atom. The van der Waals surface area contributed by atoms with Gasteiger partial charge in [-0.1, -0.05) is 20.8 Å². The maximum Gasteiger partial charge on any atom is 0.326 e. The van der Waals surface area contributed by atoms with Crippen LogP contribution >= 0.6 is 11.3 Å². The van der Waals surface area contributed by atoms with Crippen molar-refractivity contribution in [1.82, 2.24) is 4.98 Å². The zero-order valence-electron chi connectivity index (χ0n) is 11.1. The molecule has 0 saturated carbocycles. The van der Waals surface area contributed by atoms with E-state index in [1.54, 1.807) is 5.38 Å². The van der Waals surface area contributed by atoms with E-state index in [-0.39, 0.29) is 5.54 Å². The van der Waals surface area contributed by atoms with Gasteiger partial charge in [0.2, 0.25) is 0 Å². The third-order valence-corrected chi connectivity index (χ3v) is 4.29. The Morgan fingerprint density at radius 1 is 1.50 bits per heavy atom. The first kappa shape index (κ1) is 14.9. The van der Waals surface area contributed by atoms with E-state index in [1.165, 1.54) is 11.3 Å². The predicted molar refractivity (Wildman–Crippen MR) is 73.9 cm³/mol. The number of carboxylic acid groups (broad SMARTS) is 1. The highest BCUT2D eigenvalue weighted by atomic mass is 32.1. The van der Waals surface area contributed by atoms with Gasteiger partial charge in [-0.15, -0.1) is 11.3 Å². The van der Waals surface area contributed by atoms with Crippen LogP contribution in [0.4, 0.5) is 5.13 Å². The number of nitrogens with two attached hydrogens (primary N) is 1. The van der Waals surface area contributed by atoms with Crippen LogP contribution in [0.15, 0.2) is 5.38 Å². The number of carboxylic acids is 1. The fourth-order valence-electron chi connectivity index (χ4n) is 1.85. The molecule has 0 radical (unpaired) electrons. The van der Waals surface area contributed by atoms with Crippen molar-refractivity contribution in [2.75, 3.05) is 5.32 Å². The molecule has 5 nitrogen and oxygen atoms in total. The summed E-state index contributed by atoms with van der Waals surface area (Å²) in [5, 5.41) is 14.7. The van der Waals surface area contributed by atoms with Crippen molar-refractivity contribution in [2.24, 2.45) is 5.73 Å². The molecule has 0 bridgehead atoms. The van der Waals surface area contributed by atoms with Crippen molar-refractivity contribution in [3.05, 3.63) is 11.1 Å². The average molecular weight is 271 g/mol. The summed E-state index contributed by atoms with van der Waals surface area (Å²) in [5.41, 5.74) is 5.97. The quantitative estimate of drug-likeness (QED) is 0.709. The van der Waals surface area contributed by atoms with Gasteiger partial charge in [0.15, 0.2) is 5.13 Å². The molecule has 0 aromatic carbocycles. The molecule has 102 valence electrons. The first-order valence-corrected chi connectivity index (χ1v) is 7.08. The van der Waals surface area contributed by atoms with Gasteiger partial charge in [0.05, 0.1) is 5.69 Å². The topological polar surface area (TPSA) is 88.2 Å². The van der Waals surface area contributed by atoms with E-state index in [2.05, 4.69) is 31.1 Å². The molecule has 1 unspecified atom stereocenters. The number of hydrogen-bond donors (Lipinski definition) is 3. The molecule has 0 spiro atoms. The Balaban J connectivity index is 2.83. The summed E-state index contributed by atoms with van der Waals surface area (Å²) in [5.74, 6) is -1.06. The number of aliphatic carboxylic acids is 1. The molecule has 1 heterocycles. The summed E-state index contributed by atoms with van der Waals surface area (Å²) >= 11 is 1.40. The number of anilines is 1. The fourth-order valence-corrected chi connectivity index (χ4v) is 2.72. The maximum absolute atomic E-state index is 10.8. The van der Waals surface area contributed by atoms with Crippen LogP contribution in [-0.2, 0) is 4.79 Å². The predicted octanol–water partition coefficient (Wildman–Crippen LogP) is 2.61. The Hall–Kier alpha value is -1.14. The van der Waals surface area contributed by atoms with Crippen LogP contribution in [0.2, 0.25) is 0 Å². The second-order valence-electron chi connectivity index (χ2n) is 4.36. The third kappa shape index (κ3) is 3.20. The summed E-state index contributed by atoms with van der Waals surface area (Å²) in [6.45, 7) is 6.41. The molecule has 1 rings (SSSR count). The van der Waals surface area contributed by atoms with Crippen molar-refractivity contribution in [3.63, 3.8) is 0 Å². The van der Waals surface area contributed by atoms with Crippen LogP contribution in [0.3, 0.4) is 0 Å². The number of aromatic nitrogens is 1. The normalized spacial score (nSPS) is 13.3. The minimum atomic E-state index is -1.06. The number of hydrogen-bond acceptors (Lipinski definition) is 5.